The van der Waals surface area contributed by atoms with Crippen LogP contribution in [0.25, 0.3) is 0 Å². The highest BCUT2D eigenvalue weighted by atomic mass is 16.5. The second kappa shape index (κ2) is 11.9. The van der Waals surface area contributed by atoms with Crippen LogP contribution in [0.3, 0.4) is 0 Å². The van der Waals surface area contributed by atoms with Gasteiger partial charge in [-0.15, -0.1) is 0 Å². The van der Waals surface area contributed by atoms with Gasteiger partial charge >= 0.3 is 5.97 Å². The summed E-state index contributed by atoms with van der Waals surface area (Å²) in [7, 11) is 5.89. The van der Waals surface area contributed by atoms with Gasteiger partial charge in [-0.05, 0) is 86.8 Å². The van der Waals surface area contributed by atoms with Crippen LogP contribution in [0.2, 0.25) is 0 Å². The van der Waals surface area contributed by atoms with Crippen molar-refractivity contribution in [3.05, 3.63) is 59.2 Å². The summed E-state index contributed by atoms with van der Waals surface area (Å²) in [6.45, 7) is 12.9. The zero-order chi connectivity index (χ0) is 26.6. The number of hydrogen-bond acceptors (Lipinski definition) is 4. The minimum atomic E-state index is -0.524. The van der Waals surface area contributed by atoms with E-state index in [9.17, 15) is 4.79 Å². The minimum absolute atomic E-state index is 0.0361. The summed E-state index contributed by atoms with van der Waals surface area (Å²) in [6.07, 6.45) is 3.22. The van der Waals surface area contributed by atoms with E-state index in [0.717, 1.165) is 46.7 Å². The van der Waals surface area contributed by atoms with E-state index in [0.29, 0.717) is 17.8 Å². The molecule has 2 aromatic rings. The van der Waals surface area contributed by atoms with Gasteiger partial charge < -0.3 is 14.5 Å². The second-order valence-corrected chi connectivity index (χ2v) is 11.1. The lowest BCUT2D eigenvalue weighted by Gasteiger charge is -2.38. The summed E-state index contributed by atoms with van der Waals surface area (Å²) < 4.78 is 6.30. The predicted octanol–water partition coefficient (Wildman–Crippen LogP) is 6.64. The quantitative estimate of drug-likeness (QED) is 0.247. The number of aliphatic imine (C=N–C) groups is 1. The number of ether oxygens (including phenoxy) is 1. The van der Waals surface area contributed by atoms with E-state index in [1.165, 1.54) is 6.42 Å². The maximum atomic E-state index is 13.7. The third-order valence-corrected chi connectivity index (χ3v) is 7.71. The highest BCUT2D eigenvalue weighted by Crippen LogP contribution is 2.36. The number of rotatable bonds is 7. The number of benzene rings is 2. The fourth-order valence-corrected chi connectivity index (χ4v) is 5.62. The van der Waals surface area contributed by atoms with Gasteiger partial charge in [-0.1, -0.05) is 45.4 Å². The number of hydrogen-bond donors (Lipinski definition) is 0. The monoisotopic (exact) mass is 491 g/mol. The van der Waals surface area contributed by atoms with E-state index in [-0.39, 0.29) is 12.1 Å². The minimum Gasteiger partial charge on any atom is -0.461 e. The Kier molecular flexibility index (Phi) is 9.21. The third kappa shape index (κ3) is 6.11. The van der Waals surface area contributed by atoms with E-state index >= 15 is 0 Å². The normalized spacial score (nSPS) is 21.3. The zero-order valence-electron chi connectivity index (χ0n) is 23.7. The molecule has 0 spiro atoms. The number of amidine groups is 1. The molecule has 4 atom stereocenters. The Morgan fingerprint density at radius 3 is 2.28 bits per heavy atom. The number of carbonyl (C=O) groups excluding carboxylic acids is 1. The van der Waals surface area contributed by atoms with Crippen molar-refractivity contribution in [2.24, 2.45) is 22.7 Å². The van der Waals surface area contributed by atoms with Crippen LogP contribution in [0.15, 0.2) is 47.5 Å². The van der Waals surface area contributed by atoms with Crippen LogP contribution >= 0.6 is 0 Å². The maximum absolute atomic E-state index is 13.7. The lowest BCUT2D eigenvalue weighted by molar-refractivity contribution is -0.156. The first kappa shape index (κ1) is 27.8. The number of carbonyl (C=O) groups is 1. The van der Waals surface area contributed by atoms with Crippen molar-refractivity contribution in [3.8, 4) is 0 Å². The number of para-hydroxylation sites is 1. The van der Waals surface area contributed by atoms with Gasteiger partial charge in [0.2, 0.25) is 0 Å². The molecule has 0 aliphatic heterocycles. The van der Waals surface area contributed by atoms with E-state index in [1.807, 2.05) is 33.2 Å². The summed E-state index contributed by atoms with van der Waals surface area (Å²) >= 11 is 0. The maximum Gasteiger partial charge on any atom is 0.329 e. The Hall–Kier alpha value is -2.82. The Morgan fingerprint density at radius 2 is 1.69 bits per heavy atom. The van der Waals surface area contributed by atoms with Crippen LogP contribution in [0.4, 0.5) is 11.4 Å². The van der Waals surface area contributed by atoms with Crippen molar-refractivity contribution < 1.29 is 9.53 Å². The molecule has 0 amide bonds. The SMILES string of the molecule is C/N=C(\c1ccc(N(C)C)c(C)c1)N(c1ccccc1C)[C@H](C)C(=O)O[C@@H]1C[C@H](C)CC[C@H]1C(C)C. The predicted molar refractivity (Wildman–Crippen MR) is 152 cm³/mol. The van der Waals surface area contributed by atoms with Gasteiger partial charge in [0.1, 0.15) is 18.0 Å². The fraction of sp³-hybridized carbons (Fsp3) is 0.548. The molecule has 3 rings (SSSR count). The highest BCUT2D eigenvalue weighted by molar-refractivity contribution is 6.13. The van der Waals surface area contributed by atoms with Gasteiger partial charge in [0.25, 0.3) is 0 Å². The first-order chi connectivity index (χ1) is 17.0. The summed E-state index contributed by atoms with van der Waals surface area (Å²) in [6, 6.07) is 14.0. The smallest absolute Gasteiger partial charge is 0.329 e. The van der Waals surface area contributed by atoms with Crippen molar-refractivity contribution in [1.29, 1.82) is 0 Å². The van der Waals surface area contributed by atoms with Gasteiger partial charge in [-0.3, -0.25) is 4.99 Å². The molecule has 0 bridgehead atoms. The molecule has 1 aliphatic carbocycles. The largest absolute Gasteiger partial charge is 0.461 e. The molecule has 36 heavy (non-hydrogen) atoms. The van der Waals surface area contributed by atoms with Gasteiger partial charge in [0, 0.05) is 38.1 Å². The zero-order valence-corrected chi connectivity index (χ0v) is 23.7. The topological polar surface area (TPSA) is 45.1 Å². The Bertz CT molecular complexity index is 1080. The van der Waals surface area contributed by atoms with E-state index in [1.54, 1.807) is 7.05 Å². The molecule has 5 nitrogen and oxygen atoms in total. The summed E-state index contributed by atoms with van der Waals surface area (Å²) in [5.41, 5.74) is 5.36. The van der Waals surface area contributed by atoms with Crippen LogP contribution in [0.1, 0.15) is 63.6 Å². The molecule has 0 N–H and O–H groups in total. The molecule has 0 heterocycles. The average molecular weight is 492 g/mol. The van der Waals surface area contributed by atoms with Crippen LogP contribution in [0, 0.1) is 31.6 Å². The van der Waals surface area contributed by atoms with Crippen LogP contribution in [0.5, 0.6) is 0 Å². The number of anilines is 2. The Labute approximate surface area is 218 Å². The molecule has 0 radical (unpaired) electrons. The van der Waals surface area contributed by atoms with Crippen molar-refractivity contribution in [2.45, 2.75) is 73.0 Å². The molecule has 5 heteroatoms. The molecule has 0 unspecified atom stereocenters. The molecule has 196 valence electrons. The van der Waals surface area contributed by atoms with Crippen molar-refractivity contribution >= 4 is 23.2 Å². The van der Waals surface area contributed by atoms with Gasteiger partial charge in [-0.2, -0.15) is 0 Å². The summed E-state index contributed by atoms with van der Waals surface area (Å²) in [5, 5.41) is 0. The van der Waals surface area contributed by atoms with E-state index in [4.69, 9.17) is 9.73 Å². The van der Waals surface area contributed by atoms with Gasteiger partial charge in [0.05, 0.1) is 0 Å². The average Bonchev–Trinajstić information content (AvgIpc) is 2.82. The molecule has 2 aromatic carbocycles. The fourth-order valence-electron chi connectivity index (χ4n) is 5.62. The first-order valence-corrected chi connectivity index (χ1v) is 13.4. The Morgan fingerprint density at radius 1 is 1.00 bits per heavy atom. The number of nitrogens with zero attached hydrogens (tertiary/aromatic N) is 3. The van der Waals surface area contributed by atoms with Crippen LogP contribution < -0.4 is 9.80 Å². The van der Waals surface area contributed by atoms with Crippen molar-refractivity contribution in [3.63, 3.8) is 0 Å². The number of aryl methyl sites for hydroxylation is 2. The second-order valence-electron chi connectivity index (χ2n) is 11.1. The summed E-state index contributed by atoms with van der Waals surface area (Å²) in [4.78, 5) is 22.6. The highest BCUT2D eigenvalue weighted by Gasteiger charge is 2.36. The molecular formula is C31H45N3O2. The lowest BCUT2D eigenvalue weighted by atomic mass is 9.75. The molecule has 0 aromatic heterocycles. The number of esters is 1. The first-order valence-electron chi connectivity index (χ1n) is 13.4. The molecule has 1 fully saturated rings. The van der Waals surface area contributed by atoms with Crippen LogP contribution in [-0.2, 0) is 9.53 Å². The summed E-state index contributed by atoms with van der Waals surface area (Å²) in [5.74, 6) is 2.05. The molecule has 0 saturated heterocycles. The molecule has 1 aliphatic rings. The third-order valence-electron chi connectivity index (χ3n) is 7.71. The van der Waals surface area contributed by atoms with E-state index < -0.39 is 6.04 Å². The van der Waals surface area contributed by atoms with Crippen molar-refractivity contribution in [1.82, 2.24) is 0 Å². The molecule has 1 saturated carbocycles. The molecular weight excluding hydrogens is 446 g/mol. The lowest BCUT2D eigenvalue weighted by Crippen LogP contribution is -2.47. The standard InChI is InChI=1S/C31H45N3O2/c1-20(2)26-16-14-21(3)18-29(26)36-31(35)24(6)34(28-13-11-10-12-22(28)4)30(32-7)25-15-17-27(33(8)9)23(5)19-25/h10-13,15,17,19-21,24,26,29H,14,16,18H2,1-9H3/b32-30+/t21-,24-,26+,29-/m1/s1. The van der Waals surface area contributed by atoms with Gasteiger partial charge in [0.15, 0.2) is 0 Å². The Balaban J connectivity index is 1.99. The van der Waals surface area contributed by atoms with E-state index in [2.05, 4.69) is 74.8 Å². The van der Waals surface area contributed by atoms with Gasteiger partial charge in [-0.25, -0.2) is 4.79 Å². The van der Waals surface area contributed by atoms with Crippen LogP contribution in [-0.4, -0.2) is 45.1 Å². The van der Waals surface area contributed by atoms with Crippen molar-refractivity contribution in [2.75, 3.05) is 30.9 Å².